The highest BCUT2D eigenvalue weighted by Gasteiger charge is 2.40. The van der Waals surface area contributed by atoms with Crippen molar-refractivity contribution in [2.45, 2.75) is 19.4 Å². The summed E-state index contributed by atoms with van der Waals surface area (Å²) in [5.41, 5.74) is 0.425. The zero-order valence-electron chi connectivity index (χ0n) is 9.20. The van der Waals surface area contributed by atoms with Gasteiger partial charge in [-0.2, -0.15) is 0 Å². The van der Waals surface area contributed by atoms with Crippen LogP contribution in [0.1, 0.15) is 23.5 Å². The van der Waals surface area contributed by atoms with Gasteiger partial charge in [-0.15, -0.1) is 11.3 Å². The molecule has 2 heterocycles. The third-order valence-electron chi connectivity index (χ3n) is 2.94. The number of carbonyl (C=O) groups excluding carboxylic acids is 1. The van der Waals surface area contributed by atoms with Gasteiger partial charge in [-0.05, 0) is 13.8 Å². The zero-order chi connectivity index (χ0) is 12.1. The summed E-state index contributed by atoms with van der Waals surface area (Å²) >= 11 is 1.12. The minimum Gasteiger partial charge on any atom is -0.477 e. The minimum atomic E-state index is -0.968. The molecule has 1 aromatic heterocycles. The monoisotopic (exact) mass is 240 g/mol. The molecule has 1 amide bonds. The molecule has 1 aliphatic heterocycles. The van der Waals surface area contributed by atoms with E-state index >= 15 is 0 Å². The second-order valence-electron chi connectivity index (χ2n) is 4.20. The molecule has 0 atom stereocenters. The van der Waals surface area contributed by atoms with E-state index in [0.29, 0.717) is 11.4 Å². The van der Waals surface area contributed by atoms with Crippen molar-refractivity contribution in [3.63, 3.8) is 0 Å². The topological polar surface area (TPSA) is 69.6 Å². The summed E-state index contributed by atoms with van der Waals surface area (Å²) in [7, 11) is 1.73. The lowest BCUT2D eigenvalue weighted by Crippen LogP contribution is -2.54. The second-order valence-corrected chi connectivity index (χ2v) is 5.08. The maximum atomic E-state index is 11.8. The summed E-state index contributed by atoms with van der Waals surface area (Å²) in [5, 5.41) is 13.4. The average molecular weight is 240 g/mol. The van der Waals surface area contributed by atoms with E-state index in [-0.39, 0.29) is 10.8 Å². The summed E-state index contributed by atoms with van der Waals surface area (Å²) in [6.45, 7) is 3.52. The maximum Gasteiger partial charge on any atom is 0.348 e. The molecule has 0 aromatic carbocycles. The van der Waals surface area contributed by atoms with Gasteiger partial charge in [0.1, 0.15) is 10.4 Å². The molecule has 2 N–H and O–H groups in total. The number of nitrogens with one attached hydrogen (secondary N) is 1. The van der Waals surface area contributed by atoms with E-state index < -0.39 is 11.5 Å². The summed E-state index contributed by atoms with van der Waals surface area (Å²) in [5.74, 6) is -1.10. The Labute approximate surface area is 96.7 Å². The van der Waals surface area contributed by atoms with Crippen molar-refractivity contribution in [2.75, 3.05) is 17.3 Å². The van der Waals surface area contributed by atoms with Gasteiger partial charge in [0.25, 0.3) is 0 Å². The van der Waals surface area contributed by atoms with Gasteiger partial charge >= 0.3 is 5.97 Å². The highest BCUT2D eigenvalue weighted by Crippen LogP contribution is 2.42. The van der Waals surface area contributed by atoms with Gasteiger partial charge in [-0.25, -0.2) is 4.79 Å². The van der Waals surface area contributed by atoms with Gasteiger partial charge in [-0.1, -0.05) is 0 Å². The number of carbonyl (C=O) groups is 2. The Morgan fingerprint density at radius 2 is 2.19 bits per heavy atom. The van der Waals surface area contributed by atoms with Crippen molar-refractivity contribution in [1.29, 1.82) is 0 Å². The summed E-state index contributed by atoms with van der Waals surface area (Å²) in [6, 6.07) is 0. The van der Waals surface area contributed by atoms with Crippen LogP contribution in [0.15, 0.2) is 5.38 Å². The largest absolute Gasteiger partial charge is 0.477 e. The first kappa shape index (κ1) is 10.9. The fourth-order valence-electron chi connectivity index (χ4n) is 1.63. The lowest BCUT2D eigenvalue weighted by molar-refractivity contribution is -0.120. The number of thiophene rings is 1. The Kier molecular flexibility index (Phi) is 2.20. The first-order valence-corrected chi connectivity index (χ1v) is 5.63. The van der Waals surface area contributed by atoms with E-state index in [0.717, 1.165) is 11.3 Å². The van der Waals surface area contributed by atoms with E-state index in [4.69, 9.17) is 5.11 Å². The highest BCUT2D eigenvalue weighted by atomic mass is 32.1. The first-order chi connectivity index (χ1) is 7.35. The molecule has 0 saturated carbocycles. The second kappa shape index (κ2) is 3.21. The number of aromatic carboxylic acids is 1. The zero-order valence-corrected chi connectivity index (χ0v) is 10.0. The number of carboxylic acids is 1. The molecule has 0 saturated heterocycles. The predicted molar refractivity (Wildman–Crippen MR) is 62.4 cm³/mol. The standard InChI is InChI=1S/C10H12N2O3S/c1-10(2)9(15)11-5-4-16-7(8(13)14)6(5)12(10)3/h4H,1-3H3,(H,11,15)(H,13,14). The molecule has 6 heteroatoms. The van der Waals surface area contributed by atoms with Gasteiger partial charge in [0.05, 0.1) is 11.4 Å². The van der Waals surface area contributed by atoms with Crippen molar-refractivity contribution in [3.05, 3.63) is 10.3 Å². The summed E-state index contributed by atoms with van der Waals surface area (Å²) in [4.78, 5) is 24.8. The van der Waals surface area contributed by atoms with Crippen LogP contribution in [-0.2, 0) is 4.79 Å². The molecule has 0 aliphatic carbocycles. The molecule has 16 heavy (non-hydrogen) atoms. The van der Waals surface area contributed by atoms with Crippen molar-refractivity contribution in [3.8, 4) is 0 Å². The quantitative estimate of drug-likeness (QED) is 0.782. The predicted octanol–water partition coefficient (Wildman–Crippen LogP) is 1.61. The van der Waals surface area contributed by atoms with E-state index in [2.05, 4.69) is 5.32 Å². The summed E-state index contributed by atoms with van der Waals surface area (Å²) < 4.78 is 0. The fourth-order valence-corrected chi connectivity index (χ4v) is 2.50. The van der Waals surface area contributed by atoms with E-state index in [9.17, 15) is 9.59 Å². The molecule has 0 spiro atoms. The molecule has 0 unspecified atom stereocenters. The number of carboxylic acid groups (broad SMARTS) is 1. The minimum absolute atomic E-state index is 0.128. The number of anilines is 2. The lowest BCUT2D eigenvalue weighted by Gasteiger charge is -2.40. The van der Waals surface area contributed by atoms with Crippen LogP contribution in [-0.4, -0.2) is 29.6 Å². The van der Waals surface area contributed by atoms with Crippen molar-refractivity contribution >= 4 is 34.6 Å². The number of hydrogen-bond donors (Lipinski definition) is 2. The lowest BCUT2D eigenvalue weighted by atomic mass is 9.98. The molecule has 86 valence electrons. The SMILES string of the molecule is CN1c2c(csc2C(=O)O)NC(=O)C1(C)C. The highest BCUT2D eigenvalue weighted by molar-refractivity contribution is 7.13. The average Bonchev–Trinajstić information content (AvgIpc) is 2.58. The number of rotatable bonds is 1. The molecule has 1 aromatic rings. The van der Waals surface area contributed by atoms with Crippen molar-refractivity contribution < 1.29 is 14.7 Å². The van der Waals surface area contributed by atoms with Crippen molar-refractivity contribution in [2.24, 2.45) is 0 Å². The van der Waals surface area contributed by atoms with Gasteiger partial charge in [-0.3, -0.25) is 4.79 Å². The number of amides is 1. The normalized spacial score (nSPS) is 17.9. The Balaban J connectivity index is 2.60. The van der Waals surface area contributed by atoms with Crippen molar-refractivity contribution in [1.82, 2.24) is 0 Å². The van der Waals surface area contributed by atoms with Crippen LogP contribution in [0.2, 0.25) is 0 Å². The van der Waals surface area contributed by atoms with Gasteiger partial charge in [0.2, 0.25) is 5.91 Å². The van der Waals surface area contributed by atoms with E-state index in [1.54, 1.807) is 31.2 Å². The molecule has 0 fully saturated rings. The van der Waals surface area contributed by atoms with Crippen LogP contribution in [0.25, 0.3) is 0 Å². The Morgan fingerprint density at radius 1 is 1.56 bits per heavy atom. The van der Waals surface area contributed by atoms with Gasteiger partial charge in [0, 0.05) is 12.4 Å². The van der Waals surface area contributed by atoms with Gasteiger partial charge in [0.15, 0.2) is 0 Å². The number of fused-ring (bicyclic) bond motifs is 1. The smallest absolute Gasteiger partial charge is 0.348 e. The number of hydrogen-bond acceptors (Lipinski definition) is 4. The Bertz CT molecular complexity index is 478. The molecule has 5 nitrogen and oxygen atoms in total. The number of nitrogens with zero attached hydrogens (tertiary/aromatic N) is 1. The number of likely N-dealkylation sites (N-methyl/N-ethyl adjacent to an activating group) is 1. The third kappa shape index (κ3) is 1.30. The Hall–Kier alpha value is -1.56. The van der Waals surface area contributed by atoms with Crippen LogP contribution in [0.3, 0.4) is 0 Å². The van der Waals surface area contributed by atoms with Crippen LogP contribution in [0.5, 0.6) is 0 Å². The summed E-state index contributed by atoms with van der Waals surface area (Å²) in [6.07, 6.45) is 0. The van der Waals surface area contributed by atoms with Crippen LogP contribution in [0.4, 0.5) is 11.4 Å². The first-order valence-electron chi connectivity index (χ1n) is 4.75. The maximum absolute atomic E-state index is 11.8. The fraction of sp³-hybridized carbons (Fsp3) is 0.400. The molecular weight excluding hydrogens is 228 g/mol. The molecule has 0 bridgehead atoms. The van der Waals surface area contributed by atoms with E-state index in [1.165, 1.54) is 0 Å². The van der Waals surface area contributed by atoms with E-state index in [1.807, 2.05) is 0 Å². The van der Waals surface area contributed by atoms with Crippen LogP contribution in [0, 0.1) is 0 Å². The molecule has 0 radical (unpaired) electrons. The van der Waals surface area contributed by atoms with Gasteiger partial charge < -0.3 is 15.3 Å². The Morgan fingerprint density at radius 3 is 2.75 bits per heavy atom. The van der Waals surface area contributed by atoms with Crippen LogP contribution < -0.4 is 10.2 Å². The molecule has 1 aliphatic rings. The molecule has 2 rings (SSSR count). The third-order valence-corrected chi connectivity index (χ3v) is 3.89. The molecular formula is C10H12N2O3S. The van der Waals surface area contributed by atoms with Crippen LogP contribution >= 0.6 is 11.3 Å².